The van der Waals surface area contributed by atoms with Gasteiger partial charge in [0, 0.05) is 24.0 Å². The number of amides is 2. The maximum atomic E-state index is 12.3. The molecule has 5 nitrogen and oxygen atoms in total. The molecule has 0 atom stereocenters. The average Bonchev–Trinajstić information content (AvgIpc) is 2.56. The number of anilines is 1. The van der Waals surface area contributed by atoms with Crippen LogP contribution in [0.1, 0.15) is 46.7 Å². The number of carbonyl (C=O) groups is 2. The lowest BCUT2D eigenvalue weighted by atomic mass is 10.1. The largest absolute Gasteiger partial charge is 0.352 e. The Hall–Kier alpha value is -2.69. The van der Waals surface area contributed by atoms with Crippen molar-refractivity contribution in [3.63, 3.8) is 0 Å². The maximum absolute atomic E-state index is 12.3. The molecule has 2 rings (SSSR count). The Morgan fingerprint density at radius 1 is 1.08 bits per heavy atom. The van der Waals surface area contributed by atoms with E-state index in [4.69, 9.17) is 0 Å². The molecule has 0 spiro atoms. The lowest BCUT2D eigenvalue weighted by molar-refractivity contribution is 0.0952. The monoisotopic (exact) mass is 325 g/mol. The van der Waals surface area contributed by atoms with Crippen molar-refractivity contribution < 1.29 is 9.59 Å². The first-order valence-corrected chi connectivity index (χ1v) is 8.08. The van der Waals surface area contributed by atoms with Gasteiger partial charge in [-0.2, -0.15) is 0 Å². The van der Waals surface area contributed by atoms with Crippen LogP contribution in [0.3, 0.4) is 0 Å². The van der Waals surface area contributed by atoms with Crippen LogP contribution in [0.15, 0.2) is 42.6 Å². The first-order valence-electron chi connectivity index (χ1n) is 8.08. The summed E-state index contributed by atoms with van der Waals surface area (Å²) in [5.74, 6) is -0.00305. The smallest absolute Gasteiger partial charge is 0.274 e. The van der Waals surface area contributed by atoms with Crippen LogP contribution in [0, 0.1) is 12.8 Å². The summed E-state index contributed by atoms with van der Waals surface area (Å²) in [6.07, 6.45) is 2.39. The summed E-state index contributed by atoms with van der Waals surface area (Å²) in [4.78, 5) is 28.4. The van der Waals surface area contributed by atoms with E-state index in [0.717, 1.165) is 12.0 Å². The van der Waals surface area contributed by atoms with Gasteiger partial charge in [0.05, 0.1) is 0 Å². The Balaban J connectivity index is 2.02. The van der Waals surface area contributed by atoms with Crippen LogP contribution in [-0.2, 0) is 0 Å². The van der Waals surface area contributed by atoms with E-state index < -0.39 is 0 Å². The molecule has 2 amide bonds. The van der Waals surface area contributed by atoms with Crippen LogP contribution in [0.2, 0.25) is 0 Å². The molecule has 24 heavy (non-hydrogen) atoms. The Labute approximate surface area is 142 Å². The van der Waals surface area contributed by atoms with Crippen molar-refractivity contribution in [1.82, 2.24) is 10.3 Å². The number of nitrogens with zero attached hydrogens (tertiary/aromatic N) is 1. The number of hydrogen-bond acceptors (Lipinski definition) is 3. The normalized spacial score (nSPS) is 10.5. The maximum Gasteiger partial charge on any atom is 0.274 e. The Bertz CT molecular complexity index is 709. The van der Waals surface area contributed by atoms with Crippen molar-refractivity contribution in [2.24, 2.45) is 5.92 Å². The molecule has 2 aromatic rings. The molecule has 0 radical (unpaired) electrons. The molecule has 0 bridgehead atoms. The van der Waals surface area contributed by atoms with Gasteiger partial charge in [0.25, 0.3) is 11.8 Å². The van der Waals surface area contributed by atoms with Crippen molar-refractivity contribution in [2.75, 3.05) is 11.9 Å². The highest BCUT2D eigenvalue weighted by atomic mass is 16.2. The van der Waals surface area contributed by atoms with E-state index in [2.05, 4.69) is 29.5 Å². The van der Waals surface area contributed by atoms with Gasteiger partial charge >= 0.3 is 0 Å². The third-order valence-electron chi connectivity index (χ3n) is 3.57. The number of hydrogen-bond donors (Lipinski definition) is 2. The van der Waals surface area contributed by atoms with E-state index in [1.54, 1.807) is 6.07 Å². The van der Waals surface area contributed by atoms with E-state index in [9.17, 15) is 9.59 Å². The molecular weight excluding hydrogens is 302 g/mol. The van der Waals surface area contributed by atoms with Gasteiger partial charge in [-0.25, -0.2) is 0 Å². The molecule has 0 unspecified atom stereocenters. The highest BCUT2D eigenvalue weighted by Gasteiger charge is 2.12. The number of carbonyl (C=O) groups excluding carboxylic acids is 2. The first-order chi connectivity index (χ1) is 11.5. The van der Waals surface area contributed by atoms with Crippen molar-refractivity contribution in [1.29, 1.82) is 0 Å². The van der Waals surface area contributed by atoms with E-state index in [1.165, 1.54) is 12.3 Å². The summed E-state index contributed by atoms with van der Waals surface area (Å²) < 4.78 is 0. The fourth-order valence-corrected chi connectivity index (χ4v) is 2.10. The molecule has 5 heteroatoms. The van der Waals surface area contributed by atoms with Crippen molar-refractivity contribution in [3.05, 3.63) is 59.4 Å². The number of rotatable bonds is 6. The van der Waals surface area contributed by atoms with Crippen molar-refractivity contribution >= 4 is 17.5 Å². The molecule has 0 aliphatic carbocycles. The van der Waals surface area contributed by atoms with Gasteiger partial charge in [-0.3, -0.25) is 14.6 Å². The SMILES string of the molecule is Cc1ccc(NC(=O)c2cc(C(=O)NCCC(C)C)ccn2)cc1. The summed E-state index contributed by atoms with van der Waals surface area (Å²) in [6.45, 7) is 6.80. The van der Waals surface area contributed by atoms with Gasteiger partial charge in [-0.15, -0.1) is 0 Å². The van der Waals surface area contributed by atoms with Crippen molar-refractivity contribution in [2.45, 2.75) is 27.2 Å². The number of pyridine rings is 1. The van der Waals surface area contributed by atoms with E-state index in [1.807, 2.05) is 31.2 Å². The van der Waals surface area contributed by atoms with E-state index >= 15 is 0 Å². The zero-order valence-electron chi connectivity index (χ0n) is 14.3. The van der Waals surface area contributed by atoms with Crippen LogP contribution in [0.4, 0.5) is 5.69 Å². The highest BCUT2D eigenvalue weighted by molar-refractivity contribution is 6.04. The van der Waals surface area contributed by atoms with Gasteiger partial charge in [-0.1, -0.05) is 31.5 Å². The molecular formula is C19H23N3O2. The minimum atomic E-state index is -0.337. The van der Waals surface area contributed by atoms with Crippen LogP contribution >= 0.6 is 0 Å². The van der Waals surface area contributed by atoms with Crippen LogP contribution < -0.4 is 10.6 Å². The number of aryl methyl sites for hydroxylation is 1. The molecule has 0 aliphatic rings. The molecule has 1 aromatic heterocycles. The summed E-state index contributed by atoms with van der Waals surface area (Å²) in [5.41, 5.74) is 2.46. The van der Waals surface area contributed by atoms with Crippen LogP contribution in [0.25, 0.3) is 0 Å². The number of nitrogens with one attached hydrogen (secondary N) is 2. The lowest BCUT2D eigenvalue weighted by Crippen LogP contribution is -2.26. The van der Waals surface area contributed by atoms with Crippen LogP contribution in [-0.4, -0.2) is 23.3 Å². The molecule has 0 aliphatic heterocycles. The van der Waals surface area contributed by atoms with Gasteiger partial charge in [-0.05, 0) is 43.5 Å². The van der Waals surface area contributed by atoms with Gasteiger partial charge in [0.15, 0.2) is 0 Å². The fraction of sp³-hybridized carbons (Fsp3) is 0.316. The molecule has 0 saturated carbocycles. The van der Waals surface area contributed by atoms with Crippen LogP contribution in [0.5, 0.6) is 0 Å². The molecule has 0 saturated heterocycles. The first kappa shape index (κ1) is 17.7. The zero-order valence-corrected chi connectivity index (χ0v) is 14.3. The molecule has 2 N–H and O–H groups in total. The van der Waals surface area contributed by atoms with Gasteiger partial charge < -0.3 is 10.6 Å². The third kappa shape index (κ3) is 5.19. The van der Waals surface area contributed by atoms with Crippen molar-refractivity contribution in [3.8, 4) is 0 Å². The summed E-state index contributed by atoms with van der Waals surface area (Å²) in [6, 6.07) is 10.6. The second kappa shape index (κ2) is 8.24. The third-order valence-corrected chi connectivity index (χ3v) is 3.57. The Kier molecular flexibility index (Phi) is 6.07. The van der Waals surface area contributed by atoms with E-state index in [-0.39, 0.29) is 17.5 Å². The average molecular weight is 325 g/mol. The highest BCUT2D eigenvalue weighted by Crippen LogP contribution is 2.11. The van der Waals surface area contributed by atoms with Gasteiger partial charge in [0.1, 0.15) is 5.69 Å². The van der Waals surface area contributed by atoms with E-state index in [0.29, 0.717) is 23.7 Å². The molecule has 1 aromatic carbocycles. The second-order valence-corrected chi connectivity index (χ2v) is 6.19. The topological polar surface area (TPSA) is 71.1 Å². The molecule has 1 heterocycles. The predicted molar refractivity (Wildman–Crippen MR) is 95.2 cm³/mol. The quantitative estimate of drug-likeness (QED) is 0.855. The minimum absolute atomic E-state index is 0.192. The standard InChI is InChI=1S/C19H23N3O2/c1-13(2)8-10-21-18(23)15-9-11-20-17(12-15)19(24)22-16-6-4-14(3)5-7-16/h4-7,9,11-13H,8,10H2,1-3H3,(H,21,23)(H,22,24). The lowest BCUT2D eigenvalue weighted by Gasteiger charge is -2.08. The fourth-order valence-electron chi connectivity index (χ4n) is 2.10. The summed E-state index contributed by atoms with van der Waals surface area (Å²) in [5, 5.41) is 5.63. The predicted octanol–water partition coefficient (Wildman–Crippen LogP) is 3.42. The summed E-state index contributed by atoms with van der Waals surface area (Å²) in [7, 11) is 0. The summed E-state index contributed by atoms with van der Waals surface area (Å²) >= 11 is 0. The Morgan fingerprint density at radius 2 is 1.79 bits per heavy atom. The van der Waals surface area contributed by atoms with Gasteiger partial charge in [0.2, 0.25) is 0 Å². The zero-order chi connectivity index (χ0) is 17.5. The Morgan fingerprint density at radius 3 is 2.46 bits per heavy atom. The second-order valence-electron chi connectivity index (χ2n) is 6.19. The number of benzene rings is 1. The molecule has 126 valence electrons. The number of aromatic nitrogens is 1. The molecule has 0 fully saturated rings. The minimum Gasteiger partial charge on any atom is -0.352 e.